The molecule has 1 heterocycles. The summed E-state index contributed by atoms with van der Waals surface area (Å²) in [6.07, 6.45) is 0. The molecular weight excluding hydrogens is 172 g/mol. The fraction of sp³-hybridized carbons (Fsp3) is 0.875. The average Bonchev–Trinajstić information content (AvgIpc) is 2.12. The van der Waals surface area contributed by atoms with Gasteiger partial charge < -0.3 is 10.0 Å². The van der Waals surface area contributed by atoms with Crippen LogP contribution in [-0.4, -0.2) is 46.5 Å². The van der Waals surface area contributed by atoms with Crippen LogP contribution in [0.25, 0.3) is 0 Å². The summed E-state index contributed by atoms with van der Waals surface area (Å²) in [7, 11) is 3.00. The molecule has 0 bridgehead atoms. The van der Waals surface area contributed by atoms with Gasteiger partial charge in [0.05, 0.1) is 12.6 Å². The van der Waals surface area contributed by atoms with Gasteiger partial charge in [0.25, 0.3) is 0 Å². The van der Waals surface area contributed by atoms with Gasteiger partial charge in [0.2, 0.25) is 0 Å². The standard InChI is InChI=1S/C8H16N2O3/c1-7(2)8(3,12)10(13-5)6(11)9(7)4/h12H,1-5H3. The summed E-state index contributed by atoms with van der Waals surface area (Å²) in [5, 5.41) is 11.0. The maximum absolute atomic E-state index is 11.5. The quantitative estimate of drug-likeness (QED) is 0.648. The molecule has 76 valence electrons. The van der Waals surface area contributed by atoms with Crippen molar-refractivity contribution in [1.29, 1.82) is 0 Å². The first kappa shape index (κ1) is 10.3. The van der Waals surface area contributed by atoms with Crippen LogP contribution in [0.3, 0.4) is 0 Å². The second-order valence-electron chi connectivity index (χ2n) is 3.90. The Balaban J connectivity index is 3.13. The SMILES string of the molecule is CON1C(=O)N(C)C(C)(C)C1(C)O. The molecule has 5 heteroatoms. The highest BCUT2D eigenvalue weighted by atomic mass is 16.7. The minimum Gasteiger partial charge on any atom is -0.367 e. The van der Waals surface area contributed by atoms with E-state index in [1.54, 1.807) is 27.8 Å². The Kier molecular flexibility index (Phi) is 2.04. The van der Waals surface area contributed by atoms with Crippen LogP contribution < -0.4 is 0 Å². The number of aliphatic hydroxyl groups is 1. The van der Waals surface area contributed by atoms with E-state index in [2.05, 4.69) is 0 Å². The summed E-state index contributed by atoms with van der Waals surface area (Å²) in [5.74, 6) is 0. The van der Waals surface area contributed by atoms with Gasteiger partial charge in [-0.1, -0.05) is 0 Å². The summed E-state index contributed by atoms with van der Waals surface area (Å²) in [5.41, 5.74) is -1.98. The molecular formula is C8H16N2O3. The van der Waals surface area contributed by atoms with Gasteiger partial charge in [-0.2, -0.15) is 5.06 Å². The first-order valence-electron chi connectivity index (χ1n) is 4.11. The minimum absolute atomic E-state index is 0.336. The topological polar surface area (TPSA) is 53.0 Å². The second kappa shape index (κ2) is 2.59. The van der Waals surface area contributed by atoms with E-state index >= 15 is 0 Å². The zero-order valence-corrected chi connectivity index (χ0v) is 8.66. The van der Waals surface area contributed by atoms with Gasteiger partial charge in [-0.15, -0.1) is 0 Å². The molecule has 0 aliphatic carbocycles. The Morgan fingerprint density at radius 1 is 1.38 bits per heavy atom. The third kappa shape index (κ3) is 1.04. The molecule has 0 spiro atoms. The van der Waals surface area contributed by atoms with Crippen LogP contribution >= 0.6 is 0 Å². The lowest BCUT2D eigenvalue weighted by molar-refractivity contribution is -0.238. The van der Waals surface area contributed by atoms with Crippen molar-refractivity contribution in [2.75, 3.05) is 14.2 Å². The molecule has 1 rings (SSSR count). The van der Waals surface area contributed by atoms with E-state index in [4.69, 9.17) is 4.84 Å². The summed E-state index contributed by atoms with van der Waals surface area (Å²) in [4.78, 5) is 17.8. The summed E-state index contributed by atoms with van der Waals surface area (Å²) >= 11 is 0. The number of hydroxylamine groups is 2. The molecule has 5 nitrogen and oxygen atoms in total. The third-order valence-corrected chi connectivity index (χ3v) is 3.04. The van der Waals surface area contributed by atoms with Gasteiger partial charge in [-0.05, 0) is 20.8 Å². The summed E-state index contributed by atoms with van der Waals surface area (Å²) in [6, 6.07) is -0.336. The number of likely N-dealkylation sites (N-methyl/N-ethyl adjacent to an activating group) is 1. The number of carbonyl (C=O) groups is 1. The first-order valence-corrected chi connectivity index (χ1v) is 4.11. The fourth-order valence-electron chi connectivity index (χ4n) is 1.38. The van der Waals surface area contributed by atoms with E-state index in [1.807, 2.05) is 0 Å². The summed E-state index contributed by atoms with van der Waals surface area (Å²) < 4.78 is 0. The van der Waals surface area contributed by atoms with E-state index in [0.29, 0.717) is 0 Å². The van der Waals surface area contributed by atoms with Crippen molar-refractivity contribution < 1.29 is 14.7 Å². The lowest BCUT2D eigenvalue weighted by atomic mass is 9.93. The minimum atomic E-state index is -1.31. The van der Waals surface area contributed by atoms with Gasteiger partial charge in [-0.25, -0.2) is 4.79 Å². The van der Waals surface area contributed by atoms with Crippen LogP contribution in [0.1, 0.15) is 20.8 Å². The van der Waals surface area contributed by atoms with Crippen molar-refractivity contribution in [3.8, 4) is 0 Å². The molecule has 2 amide bonds. The Hall–Kier alpha value is -0.810. The van der Waals surface area contributed by atoms with E-state index < -0.39 is 11.3 Å². The third-order valence-electron chi connectivity index (χ3n) is 3.04. The molecule has 0 aromatic carbocycles. The Morgan fingerprint density at radius 3 is 2.00 bits per heavy atom. The zero-order chi connectivity index (χ0) is 10.4. The molecule has 1 unspecified atom stereocenters. The summed E-state index contributed by atoms with van der Waals surface area (Å²) in [6.45, 7) is 5.12. The van der Waals surface area contributed by atoms with Gasteiger partial charge in [0.1, 0.15) is 0 Å². The molecule has 13 heavy (non-hydrogen) atoms. The number of hydrogen-bond donors (Lipinski definition) is 1. The number of rotatable bonds is 1. The monoisotopic (exact) mass is 188 g/mol. The van der Waals surface area contributed by atoms with Crippen LogP contribution in [0.15, 0.2) is 0 Å². The van der Waals surface area contributed by atoms with E-state index in [0.717, 1.165) is 5.06 Å². The number of carbonyl (C=O) groups excluding carboxylic acids is 1. The number of urea groups is 1. The van der Waals surface area contributed by atoms with E-state index in [-0.39, 0.29) is 6.03 Å². The van der Waals surface area contributed by atoms with Gasteiger partial charge in [0.15, 0.2) is 5.72 Å². The van der Waals surface area contributed by atoms with Crippen molar-refractivity contribution in [1.82, 2.24) is 9.96 Å². The molecule has 0 aromatic rings. The highest BCUT2D eigenvalue weighted by Crippen LogP contribution is 2.38. The van der Waals surface area contributed by atoms with Crippen LogP contribution in [-0.2, 0) is 4.84 Å². The average molecular weight is 188 g/mol. The van der Waals surface area contributed by atoms with Crippen molar-refractivity contribution in [2.24, 2.45) is 0 Å². The molecule has 1 atom stereocenters. The fourth-order valence-corrected chi connectivity index (χ4v) is 1.38. The lowest BCUT2D eigenvalue weighted by Crippen LogP contribution is -2.55. The Bertz CT molecular complexity index is 238. The largest absolute Gasteiger partial charge is 0.367 e. The van der Waals surface area contributed by atoms with Gasteiger partial charge in [-0.3, -0.25) is 4.84 Å². The van der Waals surface area contributed by atoms with Crippen LogP contribution in [0, 0.1) is 0 Å². The number of hydrogen-bond acceptors (Lipinski definition) is 3. The second-order valence-corrected chi connectivity index (χ2v) is 3.90. The van der Waals surface area contributed by atoms with E-state index in [1.165, 1.54) is 12.0 Å². The van der Waals surface area contributed by atoms with Crippen molar-refractivity contribution >= 4 is 6.03 Å². The first-order chi connectivity index (χ1) is 5.76. The van der Waals surface area contributed by atoms with Gasteiger partial charge in [0, 0.05) is 7.05 Å². The Labute approximate surface area is 77.8 Å². The molecule has 1 saturated heterocycles. The molecule has 1 aliphatic heterocycles. The Morgan fingerprint density at radius 2 is 1.85 bits per heavy atom. The lowest BCUT2D eigenvalue weighted by Gasteiger charge is -2.37. The maximum atomic E-state index is 11.5. The van der Waals surface area contributed by atoms with Crippen LogP contribution in [0.2, 0.25) is 0 Å². The smallest absolute Gasteiger partial charge is 0.347 e. The number of nitrogens with zero attached hydrogens (tertiary/aromatic N) is 2. The maximum Gasteiger partial charge on any atom is 0.347 e. The predicted molar refractivity (Wildman–Crippen MR) is 46.7 cm³/mol. The molecule has 0 radical (unpaired) electrons. The predicted octanol–water partition coefficient (Wildman–Crippen LogP) is 0.402. The van der Waals surface area contributed by atoms with Gasteiger partial charge >= 0.3 is 6.03 Å². The normalized spacial score (nSPS) is 32.9. The molecule has 1 aliphatic rings. The van der Waals surface area contributed by atoms with E-state index in [9.17, 15) is 9.90 Å². The van der Waals surface area contributed by atoms with Crippen LogP contribution in [0.5, 0.6) is 0 Å². The number of amides is 2. The van der Waals surface area contributed by atoms with Crippen molar-refractivity contribution in [3.05, 3.63) is 0 Å². The van der Waals surface area contributed by atoms with Crippen molar-refractivity contribution in [3.63, 3.8) is 0 Å². The van der Waals surface area contributed by atoms with Crippen molar-refractivity contribution in [2.45, 2.75) is 32.0 Å². The molecule has 1 fully saturated rings. The molecule has 1 N–H and O–H groups in total. The molecule has 0 saturated carbocycles. The molecule has 0 aromatic heterocycles. The zero-order valence-electron chi connectivity index (χ0n) is 8.66. The highest BCUT2D eigenvalue weighted by molar-refractivity contribution is 5.77. The highest BCUT2D eigenvalue weighted by Gasteiger charge is 2.58. The van der Waals surface area contributed by atoms with Crippen LogP contribution in [0.4, 0.5) is 4.79 Å².